The summed E-state index contributed by atoms with van der Waals surface area (Å²) in [5, 5.41) is 3.96. The van der Waals surface area contributed by atoms with Gasteiger partial charge in [0.25, 0.3) is 0 Å². The predicted octanol–water partition coefficient (Wildman–Crippen LogP) is 3.85. The SMILES string of the molecule is CC(C)(C)OC(=O)[C@@]1(N[S@](=O)C(C)(C)C)c2cc(Cl)ccc2CC12CCNCC2. The van der Waals surface area contributed by atoms with Crippen molar-refractivity contribution in [2.24, 2.45) is 5.41 Å². The molecule has 1 fully saturated rings. The molecular formula is C22H33ClN2O3S. The summed E-state index contributed by atoms with van der Waals surface area (Å²) in [6.07, 6.45) is 2.30. The zero-order valence-corrected chi connectivity index (χ0v) is 19.9. The molecule has 5 nitrogen and oxygen atoms in total. The van der Waals surface area contributed by atoms with Crippen LogP contribution in [-0.4, -0.2) is 33.6 Å². The highest BCUT2D eigenvalue weighted by molar-refractivity contribution is 7.84. The van der Waals surface area contributed by atoms with E-state index < -0.39 is 32.3 Å². The lowest BCUT2D eigenvalue weighted by Crippen LogP contribution is -2.64. The van der Waals surface area contributed by atoms with Gasteiger partial charge in [-0.3, -0.25) is 0 Å². The normalized spacial score (nSPS) is 24.9. The highest BCUT2D eigenvalue weighted by atomic mass is 35.5. The zero-order chi connectivity index (χ0) is 21.7. The summed E-state index contributed by atoms with van der Waals surface area (Å²) in [7, 11) is -1.47. The number of rotatable bonds is 3. The summed E-state index contributed by atoms with van der Waals surface area (Å²) in [4.78, 5) is 13.9. The number of carbonyl (C=O) groups excluding carboxylic acids is 1. The highest BCUT2D eigenvalue weighted by Crippen LogP contribution is 2.57. The zero-order valence-electron chi connectivity index (χ0n) is 18.3. The lowest BCUT2D eigenvalue weighted by atomic mass is 9.65. The molecule has 2 atom stereocenters. The van der Waals surface area contributed by atoms with Crippen molar-refractivity contribution in [2.75, 3.05) is 13.1 Å². The van der Waals surface area contributed by atoms with Crippen molar-refractivity contribution in [3.8, 4) is 0 Å². The number of nitrogens with one attached hydrogen (secondary N) is 2. The second-order valence-corrected chi connectivity index (χ2v) is 12.6. The summed E-state index contributed by atoms with van der Waals surface area (Å²) in [6.45, 7) is 12.9. The van der Waals surface area contributed by atoms with Crippen molar-refractivity contribution in [1.29, 1.82) is 0 Å². The van der Waals surface area contributed by atoms with Gasteiger partial charge in [0.1, 0.15) is 5.60 Å². The number of fused-ring (bicyclic) bond motifs is 1. The smallest absolute Gasteiger partial charge is 0.333 e. The van der Waals surface area contributed by atoms with Crippen LogP contribution in [0.2, 0.25) is 5.02 Å². The van der Waals surface area contributed by atoms with Crippen LogP contribution < -0.4 is 10.0 Å². The van der Waals surface area contributed by atoms with E-state index in [9.17, 15) is 9.00 Å². The van der Waals surface area contributed by atoms with Crippen LogP contribution in [0.25, 0.3) is 0 Å². The molecule has 0 amide bonds. The van der Waals surface area contributed by atoms with Gasteiger partial charge < -0.3 is 10.1 Å². The molecule has 1 aliphatic carbocycles. The first-order chi connectivity index (χ1) is 13.3. The summed E-state index contributed by atoms with van der Waals surface area (Å²) in [6, 6.07) is 5.71. The Bertz CT molecular complexity index is 822. The minimum absolute atomic E-state index is 0.370. The van der Waals surface area contributed by atoms with Gasteiger partial charge in [-0.05, 0) is 97.2 Å². The van der Waals surface area contributed by atoms with Crippen LogP contribution in [0.1, 0.15) is 65.5 Å². The Hall–Kier alpha value is -0.950. The third-order valence-electron chi connectivity index (χ3n) is 5.87. The van der Waals surface area contributed by atoms with Crippen LogP contribution in [0.4, 0.5) is 0 Å². The summed E-state index contributed by atoms with van der Waals surface area (Å²) in [5.74, 6) is -0.370. The van der Waals surface area contributed by atoms with E-state index in [2.05, 4.69) is 10.0 Å². The molecule has 1 heterocycles. The first-order valence-corrected chi connectivity index (χ1v) is 11.8. The maximum Gasteiger partial charge on any atom is 0.333 e. The topological polar surface area (TPSA) is 67.4 Å². The fourth-order valence-corrected chi connectivity index (χ4v) is 5.64. The maximum atomic E-state index is 13.9. The van der Waals surface area contributed by atoms with Crippen molar-refractivity contribution in [3.05, 3.63) is 34.3 Å². The Balaban J connectivity index is 2.25. The molecule has 0 radical (unpaired) electrons. The van der Waals surface area contributed by atoms with Crippen molar-refractivity contribution >= 4 is 28.6 Å². The summed E-state index contributed by atoms with van der Waals surface area (Å²) >= 11 is 6.37. The molecule has 1 saturated heterocycles. The molecular weight excluding hydrogens is 408 g/mol. The molecule has 0 aromatic heterocycles. The fourth-order valence-electron chi connectivity index (χ4n) is 4.47. The number of esters is 1. The van der Waals surface area contributed by atoms with E-state index in [-0.39, 0.29) is 5.97 Å². The van der Waals surface area contributed by atoms with Crippen LogP contribution in [0.15, 0.2) is 18.2 Å². The van der Waals surface area contributed by atoms with Gasteiger partial charge in [-0.1, -0.05) is 17.7 Å². The molecule has 1 aromatic rings. The van der Waals surface area contributed by atoms with Crippen LogP contribution >= 0.6 is 11.6 Å². The van der Waals surface area contributed by atoms with Gasteiger partial charge in [0.2, 0.25) is 0 Å². The van der Waals surface area contributed by atoms with Crippen LogP contribution in [-0.2, 0) is 32.5 Å². The minimum Gasteiger partial charge on any atom is -0.458 e. The maximum absolute atomic E-state index is 13.9. The van der Waals surface area contributed by atoms with Gasteiger partial charge in [-0.2, -0.15) is 0 Å². The first kappa shape index (κ1) is 22.7. The van der Waals surface area contributed by atoms with Gasteiger partial charge in [-0.15, -0.1) is 0 Å². The second-order valence-electron chi connectivity index (χ2n) is 10.2. The quantitative estimate of drug-likeness (QED) is 0.700. The number of hydrogen-bond donors (Lipinski definition) is 2. The number of hydrogen-bond acceptors (Lipinski definition) is 4. The largest absolute Gasteiger partial charge is 0.458 e. The average molecular weight is 441 g/mol. The lowest BCUT2D eigenvalue weighted by Gasteiger charge is -2.48. The van der Waals surface area contributed by atoms with Gasteiger partial charge in [0, 0.05) is 10.4 Å². The van der Waals surface area contributed by atoms with E-state index in [0.29, 0.717) is 5.02 Å². The number of halogens is 1. The number of carbonyl (C=O) groups is 1. The Kier molecular flexibility index (Phi) is 5.98. The number of ether oxygens (including phenoxy) is 1. The molecule has 2 aliphatic rings. The molecule has 0 bridgehead atoms. The Morgan fingerprint density at radius 2 is 1.79 bits per heavy atom. The van der Waals surface area contributed by atoms with E-state index in [1.165, 1.54) is 0 Å². The average Bonchev–Trinajstić information content (AvgIpc) is 2.83. The highest BCUT2D eigenvalue weighted by Gasteiger charge is 2.64. The van der Waals surface area contributed by atoms with Gasteiger partial charge >= 0.3 is 5.97 Å². The van der Waals surface area contributed by atoms with E-state index in [4.69, 9.17) is 16.3 Å². The Morgan fingerprint density at radius 3 is 2.34 bits per heavy atom. The third kappa shape index (κ3) is 4.14. The van der Waals surface area contributed by atoms with E-state index in [1.807, 2.05) is 59.7 Å². The first-order valence-electron chi connectivity index (χ1n) is 10.2. The molecule has 3 rings (SSSR count). The van der Waals surface area contributed by atoms with Crippen molar-refractivity contribution in [1.82, 2.24) is 10.0 Å². The van der Waals surface area contributed by atoms with Crippen molar-refractivity contribution in [2.45, 2.75) is 76.7 Å². The molecule has 0 unspecified atom stereocenters. The molecule has 1 aromatic carbocycles. The van der Waals surface area contributed by atoms with Gasteiger partial charge in [-0.25, -0.2) is 13.7 Å². The van der Waals surface area contributed by atoms with Gasteiger partial charge in [0.15, 0.2) is 5.54 Å². The molecule has 162 valence electrons. The molecule has 1 aliphatic heterocycles. The standard InChI is InChI=1S/C22H33ClN2O3S/c1-19(2,3)28-18(26)22(25-29(27)20(4,5)6)17-13-16(23)8-7-15(17)14-21(22)9-11-24-12-10-21/h7-8,13,24-25H,9-12,14H2,1-6H3/t22-,29+/m0/s1. The molecule has 2 N–H and O–H groups in total. The van der Waals surface area contributed by atoms with E-state index in [0.717, 1.165) is 43.5 Å². The monoisotopic (exact) mass is 440 g/mol. The minimum atomic E-state index is -1.47. The third-order valence-corrected chi connectivity index (χ3v) is 7.71. The number of piperidine rings is 1. The van der Waals surface area contributed by atoms with E-state index in [1.54, 1.807) is 0 Å². The molecule has 29 heavy (non-hydrogen) atoms. The molecule has 0 saturated carbocycles. The van der Waals surface area contributed by atoms with Crippen molar-refractivity contribution < 1.29 is 13.7 Å². The summed E-state index contributed by atoms with van der Waals surface area (Å²) in [5.41, 5.74) is -0.418. The van der Waals surface area contributed by atoms with Gasteiger partial charge in [0.05, 0.1) is 15.7 Å². The molecule has 1 spiro atoms. The van der Waals surface area contributed by atoms with Crippen molar-refractivity contribution in [3.63, 3.8) is 0 Å². The Labute approximate surface area is 181 Å². The Morgan fingerprint density at radius 1 is 1.17 bits per heavy atom. The number of benzene rings is 1. The van der Waals surface area contributed by atoms with Crippen LogP contribution in [0.3, 0.4) is 0 Å². The summed E-state index contributed by atoms with van der Waals surface area (Å²) < 4.78 is 22.1. The van der Waals surface area contributed by atoms with Crippen LogP contribution in [0.5, 0.6) is 0 Å². The second kappa shape index (κ2) is 7.63. The lowest BCUT2D eigenvalue weighted by molar-refractivity contribution is -0.170. The predicted molar refractivity (Wildman–Crippen MR) is 118 cm³/mol. The van der Waals surface area contributed by atoms with E-state index >= 15 is 0 Å². The molecule has 7 heteroatoms. The van der Waals surface area contributed by atoms with Crippen LogP contribution in [0, 0.1) is 5.41 Å². The fraction of sp³-hybridized carbons (Fsp3) is 0.682.